The predicted molar refractivity (Wildman–Crippen MR) is 132 cm³/mol. The average molecular weight is 491 g/mol. The number of amides is 1. The number of hydrogen-bond acceptors (Lipinski definition) is 5. The van der Waals surface area contributed by atoms with Crippen LogP contribution in [0.2, 0.25) is 5.02 Å². The topological polar surface area (TPSA) is 60.2 Å². The molecule has 2 heterocycles. The Morgan fingerprint density at radius 1 is 1.22 bits per heavy atom. The van der Waals surface area contributed by atoms with Gasteiger partial charge in [0.1, 0.15) is 5.75 Å². The summed E-state index contributed by atoms with van der Waals surface area (Å²) in [5.74, 6) is 0.581. The number of carbonyl (C=O) groups is 1. The third kappa shape index (κ3) is 5.59. The van der Waals surface area contributed by atoms with Crippen LogP contribution in [0.3, 0.4) is 0 Å². The minimum absolute atomic E-state index is 0. The van der Waals surface area contributed by atoms with Gasteiger partial charge in [0.05, 0.1) is 16.5 Å². The third-order valence-corrected chi connectivity index (χ3v) is 6.22. The number of thiazole rings is 1. The van der Waals surface area contributed by atoms with Crippen LogP contribution in [0.5, 0.6) is 5.75 Å². The summed E-state index contributed by atoms with van der Waals surface area (Å²) in [6.45, 7) is 5.18. The summed E-state index contributed by atoms with van der Waals surface area (Å²) in [7, 11) is 0. The van der Waals surface area contributed by atoms with Crippen LogP contribution in [0.25, 0.3) is 10.2 Å². The maximum atomic E-state index is 13.2. The Balaban J connectivity index is 0.00000289. The van der Waals surface area contributed by atoms with E-state index >= 15 is 0 Å². The van der Waals surface area contributed by atoms with Crippen molar-refractivity contribution in [2.45, 2.75) is 26.8 Å². The lowest BCUT2D eigenvalue weighted by Gasteiger charge is -2.20. The minimum atomic E-state index is -0.128. The summed E-state index contributed by atoms with van der Waals surface area (Å²) < 4.78 is 8.78. The Morgan fingerprint density at radius 2 is 2.03 bits per heavy atom. The van der Waals surface area contributed by atoms with Crippen LogP contribution >= 0.6 is 35.3 Å². The lowest BCUT2D eigenvalue weighted by molar-refractivity contribution is -0.120. The first kappa shape index (κ1) is 24.0. The molecule has 0 fully saturated rings. The number of fused-ring (bicyclic) bond motifs is 1. The van der Waals surface area contributed by atoms with Gasteiger partial charge in [-0.2, -0.15) is 0 Å². The molecule has 0 N–H and O–H groups in total. The van der Waals surface area contributed by atoms with Gasteiger partial charge in [0.25, 0.3) is 5.91 Å². The molecule has 0 atom stereocenters. The number of hydrogen-bond donors (Lipinski definition) is 0. The minimum Gasteiger partial charge on any atom is -0.483 e. The highest BCUT2D eigenvalue weighted by molar-refractivity contribution is 7.22. The number of aromatic nitrogens is 3. The van der Waals surface area contributed by atoms with Crippen molar-refractivity contribution in [3.8, 4) is 5.75 Å². The van der Waals surface area contributed by atoms with E-state index in [1.807, 2.05) is 61.0 Å². The number of rotatable bonds is 8. The molecule has 168 valence electrons. The van der Waals surface area contributed by atoms with Gasteiger partial charge in [0.15, 0.2) is 11.7 Å². The summed E-state index contributed by atoms with van der Waals surface area (Å²) in [4.78, 5) is 23.7. The Morgan fingerprint density at radius 3 is 2.78 bits per heavy atom. The quantitative estimate of drug-likeness (QED) is 0.318. The summed E-state index contributed by atoms with van der Waals surface area (Å²) in [5.41, 5.74) is 2.86. The van der Waals surface area contributed by atoms with Crippen molar-refractivity contribution in [1.82, 2.24) is 14.5 Å². The molecule has 0 aliphatic rings. The lowest BCUT2D eigenvalue weighted by atomic mass is 10.2. The SMILES string of the molecule is Cc1ccccc1OCC(=O)N(CCCn1ccnc1)c1nc2c(C)cc(Cl)cc2s1.Cl. The van der Waals surface area contributed by atoms with Crippen molar-refractivity contribution in [2.24, 2.45) is 0 Å². The van der Waals surface area contributed by atoms with Crippen LogP contribution in [0.15, 0.2) is 55.1 Å². The molecule has 4 rings (SSSR count). The molecule has 9 heteroatoms. The van der Waals surface area contributed by atoms with Gasteiger partial charge >= 0.3 is 0 Å². The fraction of sp³-hybridized carbons (Fsp3) is 0.261. The van der Waals surface area contributed by atoms with Gasteiger partial charge in [0.2, 0.25) is 0 Å². The van der Waals surface area contributed by atoms with Crippen LogP contribution < -0.4 is 9.64 Å². The molecule has 0 saturated heterocycles. The van der Waals surface area contributed by atoms with Gasteiger partial charge in [-0.25, -0.2) is 9.97 Å². The highest BCUT2D eigenvalue weighted by atomic mass is 35.5. The van der Waals surface area contributed by atoms with E-state index < -0.39 is 0 Å². The van der Waals surface area contributed by atoms with E-state index in [4.69, 9.17) is 21.3 Å². The largest absolute Gasteiger partial charge is 0.483 e. The van der Waals surface area contributed by atoms with Gasteiger partial charge < -0.3 is 9.30 Å². The molecule has 2 aromatic heterocycles. The van der Waals surface area contributed by atoms with E-state index in [1.54, 1.807) is 17.4 Å². The first-order valence-electron chi connectivity index (χ1n) is 10.0. The predicted octanol–water partition coefficient (Wildman–Crippen LogP) is 5.69. The molecular formula is C23H24Cl2N4O2S. The van der Waals surface area contributed by atoms with E-state index in [0.717, 1.165) is 34.3 Å². The number of aryl methyl sites for hydroxylation is 3. The molecule has 1 amide bonds. The van der Waals surface area contributed by atoms with Crippen molar-refractivity contribution in [1.29, 1.82) is 0 Å². The summed E-state index contributed by atoms with van der Waals surface area (Å²) in [6.07, 6.45) is 6.20. The molecule has 4 aromatic rings. The van der Waals surface area contributed by atoms with Crippen molar-refractivity contribution in [3.63, 3.8) is 0 Å². The number of anilines is 1. The molecular weight excluding hydrogens is 467 g/mol. The first-order valence-corrected chi connectivity index (χ1v) is 11.2. The van der Waals surface area contributed by atoms with E-state index in [0.29, 0.717) is 22.4 Å². The zero-order chi connectivity index (χ0) is 21.8. The smallest absolute Gasteiger partial charge is 0.266 e. The van der Waals surface area contributed by atoms with Gasteiger partial charge in [-0.3, -0.25) is 9.69 Å². The number of carbonyl (C=O) groups excluding carboxylic acids is 1. The molecule has 0 unspecified atom stereocenters. The van der Waals surface area contributed by atoms with Crippen LogP contribution in [0.4, 0.5) is 5.13 Å². The molecule has 0 bridgehead atoms. The second kappa shape index (κ2) is 10.8. The van der Waals surface area contributed by atoms with Gasteiger partial charge in [-0.05, 0) is 49.6 Å². The third-order valence-electron chi connectivity index (χ3n) is 4.97. The normalized spacial score (nSPS) is 10.7. The molecule has 32 heavy (non-hydrogen) atoms. The van der Waals surface area contributed by atoms with Gasteiger partial charge in [-0.1, -0.05) is 41.1 Å². The molecule has 0 spiro atoms. The Bertz CT molecular complexity index is 1190. The van der Waals surface area contributed by atoms with E-state index in [1.165, 1.54) is 11.3 Å². The van der Waals surface area contributed by atoms with E-state index in [9.17, 15) is 4.79 Å². The first-order chi connectivity index (χ1) is 15.0. The second-order valence-corrected chi connectivity index (χ2v) is 8.77. The maximum absolute atomic E-state index is 13.2. The van der Waals surface area contributed by atoms with Crippen LogP contribution in [-0.2, 0) is 11.3 Å². The molecule has 0 aliphatic carbocycles. The van der Waals surface area contributed by atoms with Crippen molar-refractivity contribution < 1.29 is 9.53 Å². The van der Waals surface area contributed by atoms with Crippen LogP contribution in [0, 0.1) is 13.8 Å². The number of para-hydroxylation sites is 1. The zero-order valence-corrected chi connectivity index (χ0v) is 20.2. The highest BCUT2D eigenvalue weighted by Gasteiger charge is 2.21. The van der Waals surface area contributed by atoms with Crippen LogP contribution in [0.1, 0.15) is 17.5 Å². The maximum Gasteiger partial charge on any atom is 0.266 e. The number of halogens is 2. The zero-order valence-electron chi connectivity index (χ0n) is 17.8. The number of nitrogens with zero attached hydrogens (tertiary/aromatic N) is 4. The Hall–Kier alpha value is -2.61. The lowest BCUT2D eigenvalue weighted by Crippen LogP contribution is -2.36. The summed E-state index contributed by atoms with van der Waals surface area (Å²) in [5, 5.41) is 1.32. The molecule has 6 nitrogen and oxygen atoms in total. The Labute approximate surface area is 202 Å². The highest BCUT2D eigenvalue weighted by Crippen LogP contribution is 2.33. The monoisotopic (exact) mass is 490 g/mol. The standard InChI is InChI=1S/C23H23ClN4O2S.ClH/c1-16-6-3-4-7-19(16)30-14-21(29)28(10-5-9-27-11-8-25-15-27)23-26-22-17(2)12-18(24)13-20(22)31-23;/h3-4,6-8,11-13,15H,5,9-10,14H2,1-2H3;1H. The van der Waals surface area contributed by atoms with Gasteiger partial charge in [0, 0.05) is 30.5 Å². The van der Waals surface area contributed by atoms with E-state index in [-0.39, 0.29) is 24.9 Å². The number of ether oxygens (including phenoxy) is 1. The molecule has 0 saturated carbocycles. The fourth-order valence-electron chi connectivity index (χ4n) is 3.35. The average Bonchev–Trinajstić information content (AvgIpc) is 3.40. The summed E-state index contributed by atoms with van der Waals surface area (Å²) >= 11 is 7.69. The van der Waals surface area contributed by atoms with Crippen molar-refractivity contribution in [3.05, 3.63) is 71.3 Å². The molecule has 0 radical (unpaired) electrons. The number of benzene rings is 2. The van der Waals surface area contributed by atoms with Crippen molar-refractivity contribution in [2.75, 3.05) is 18.1 Å². The molecule has 2 aromatic carbocycles. The molecule has 0 aliphatic heterocycles. The van der Waals surface area contributed by atoms with Crippen molar-refractivity contribution >= 4 is 56.6 Å². The fourth-order valence-corrected chi connectivity index (χ4v) is 4.81. The summed E-state index contributed by atoms with van der Waals surface area (Å²) in [6, 6.07) is 11.5. The second-order valence-electron chi connectivity index (χ2n) is 7.32. The van der Waals surface area contributed by atoms with E-state index in [2.05, 4.69) is 4.98 Å². The van der Waals surface area contributed by atoms with Gasteiger partial charge in [-0.15, -0.1) is 12.4 Å². The van der Waals surface area contributed by atoms with Crippen LogP contribution in [-0.4, -0.2) is 33.6 Å². The Kier molecular flexibility index (Phi) is 8.12. The number of imidazole rings is 1.